The lowest BCUT2D eigenvalue weighted by Crippen LogP contribution is -2.26. The Morgan fingerprint density at radius 1 is 1.24 bits per heavy atom. The van der Waals surface area contributed by atoms with Crippen molar-refractivity contribution >= 4 is 0 Å². The third-order valence-corrected chi connectivity index (χ3v) is 4.08. The SMILES string of the molecule is Cc1ccc(C)c(C(C)C(C)CNC2CC2)c1. The van der Waals surface area contributed by atoms with Gasteiger partial charge < -0.3 is 5.32 Å². The minimum atomic E-state index is 0.640. The molecule has 0 heterocycles. The molecule has 0 spiro atoms. The van der Waals surface area contributed by atoms with Crippen LogP contribution in [-0.2, 0) is 0 Å². The Kier molecular flexibility index (Phi) is 3.88. The van der Waals surface area contributed by atoms with E-state index in [2.05, 4.69) is 51.2 Å². The molecule has 0 aromatic heterocycles. The molecule has 1 nitrogen and oxygen atoms in total. The Morgan fingerprint density at radius 2 is 1.94 bits per heavy atom. The largest absolute Gasteiger partial charge is 0.314 e. The van der Waals surface area contributed by atoms with Crippen LogP contribution < -0.4 is 5.32 Å². The number of benzene rings is 1. The Hall–Kier alpha value is -0.820. The smallest absolute Gasteiger partial charge is 0.00683 e. The maximum atomic E-state index is 3.64. The van der Waals surface area contributed by atoms with E-state index in [-0.39, 0.29) is 0 Å². The molecule has 2 atom stereocenters. The standard InChI is InChI=1S/C16H25N/c1-11-5-6-12(2)16(9-11)14(4)13(3)10-17-15-7-8-15/h5-6,9,13-15,17H,7-8,10H2,1-4H3. The van der Waals surface area contributed by atoms with Gasteiger partial charge in [-0.25, -0.2) is 0 Å². The molecule has 0 bridgehead atoms. The van der Waals surface area contributed by atoms with Gasteiger partial charge in [0.1, 0.15) is 0 Å². The van der Waals surface area contributed by atoms with Gasteiger partial charge in [-0.15, -0.1) is 0 Å². The van der Waals surface area contributed by atoms with E-state index in [0.717, 1.165) is 12.6 Å². The van der Waals surface area contributed by atoms with Crippen LogP contribution in [0.1, 0.15) is 49.3 Å². The molecule has 2 unspecified atom stereocenters. The third kappa shape index (κ3) is 3.32. The quantitative estimate of drug-likeness (QED) is 0.813. The minimum absolute atomic E-state index is 0.640. The van der Waals surface area contributed by atoms with Crippen molar-refractivity contribution in [2.45, 2.75) is 52.5 Å². The molecule has 1 aromatic carbocycles. The van der Waals surface area contributed by atoms with Gasteiger partial charge in [-0.3, -0.25) is 0 Å². The highest BCUT2D eigenvalue weighted by atomic mass is 14.9. The van der Waals surface area contributed by atoms with Crippen LogP contribution in [0.2, 0.25) is 0 Å². The number of aryl methyl sites for hydroxylation is 2. The van der Waals surface area contributed by atoms with Crippen molar-refractivity contribution in [3.05, 3.63) is 34.9 Å². The van der Waals surface area contributed by atoms with E-state index in [4.69, 9.17) is 0 Å². The van der Waals surface area contributed by atoms with Crippen LogP contribution >= 0.6 is 0 Å². The average Bonchev–Trinajstić information content (AvgIpc) is 3.12. The maximum absolute atomic E-state index is 3.64. The third-order valence-electron chi connectivity index (χ3n) is 4.08. The summed E-state index contributed by atoms with van der Waals surface area (Å²) in [5.41, 5.74) is 4.33. The average molecular weight is 231 g/mol. The van der Waals surface area contributed by atoms with Crippen molar-refractivity contribution < 1.29 is 0 Å². The second-order valence-electron chi connectivity index (χ2n) is 5.81. The number of hydrogen-bond donors (Lipinski definition) is 1. The summed E-state index contributed by atoms with van der Waals surface area (Å²) in [6, 6.07) is 7.64. The first-order chi connectivity index (χ1) is 8.08. The van der Waals surface area contributed by atoms with Crippen LogP contribution in [-0.4, -0.2) is 12.6 Å². The lowest BCUT2D eigenvalue weighted by atomic mass is 9.85. The van der Waals surface area contributed by atoms with Gasteiger partial charge in [0.2, 0.25) is 0 Å². The highest BCUT2D eigenvalue weighted by Crippen LogP contribution is 2.28. The molecule has 1 aliphatic rings. The second-order valence-corrected chi connectivity index (χ2v) is 5.81. The highest BCUT2D eigenvalue weighted by Gasteiger charge is 2.23. The number of rotatable bonds is 5. The topological polar surface area (TPSA) is 12.0 Å². The van der Waals surface area contributed by atoms with E-state index in [1.54, 1.807) is 0 Å². The molecule has 1 saturated carbocycles. The summed E-state index contributed by atoms with van der Waals surface area (Å²) in [7, 11) is 0. The highest BCUT2D eigenvalue weighted by molar-refractivity contribution is 5.33. The predicted octanol–water partition coefficient (Wildman–Crippen LogP) is 3.80. The van der Waals surface area contributed by atoms with Gasteiger partial charge in [0.25, 0.3) is 0 Å². The fourth-order valence-corrected chi connectivity index (χ4v) is 2.37. The zero-order valence-corrected chi connectivity index (χ0v) is 11.6. The fourth-order valence-electron chi connectivity index (χ4n) is 2.37. The van der Waals surface area contributed by atoms with Gasteiger partial charge in [-0.1, -0.05) is 37.6 Å². The molecule has 1 heteroatoms. The van der Waals surface area contributed by atoms with Crippen LogP contribution in [0.15, 0.2) is 18.2 Å². The van der Waals surface area contributed by atoms with Crippen molar-refractivity contribution in [1.29, 1.82) is 0 Å². The summed E-state index contributed by atoms with van der Waals surface area (Å²) in [6.45, 7) is 10.3. The molecule has 0 radical (unpaired) electrons. The first-order valence-electron chi connectivity index (χ1n) is 6.88. The molecule has 17 heavy (non-hydrogen) atoms. The Morgan fingerprint density at radius 3 is 2.59 bits per heavy atom. The van der Waals surface area contributed by atoms with Gasteiger partial charge in [0.05, 0.1) is 0 Å². The van der Waals surface area contributed by atoms with E-state index >= 15 is 0 Å². The molecule has 94 valence electrons. The van der Waals surface area contributed by atoms with Crippen molar-refractivity contribution in [3.8, 4) is 0 Å². The van der Waals surface area contributed by atoms with Gasteiger partial charge >= 0.3 is 0 Å². The predicted molar refractivity (Wildman–Crippen MR) is 74.5 cm³/mol. The van der Waals surface area contributed by atoms with Gasteiger partial charge in [0, 0.05) is 6.04 Å². The molecule has 2 rings (SSSR count). The molecule has 1 N–H and O–H groups in total. The summed E-state index contributed by atoms with van der Waals surface area (Å²) in [6.07, 6.45) is 2.76. The van der Waals surface area contributed by atoms with Crippen LogP contribution in [0.4, 0.5) is 0 Å². The molecule has 1 fully saturated rings. The maximum Gasteiger partial charge on any atom is 0.00683 e. The number of hydrogen-bond acceptors (Lipinski definition) is 1. The first kappa shape index (κ1) is 12.6. The zero-order valence-electron chi connectivity index (χ0n) is 11.6. The minimum Gasteiger partial charge on any atom is -0.314 e. The van der Waals surface area contributed by atoms with Crippen LogP contribution in [0.3, 0.4) is 0 Å². The molecule has 0 aliphatic heterocycles. The van der Waals surface area contributed by atoms with Gasteiger partial charge in [-0.2, -0.15) is 0 Å². The van der Waals surface area contributed by atoms with E-state index in [1.807, 2.05) is 0 Å². The van der Waals surface area contributed by atoms with E-state index in [1.165, 1.54) is 29.5 Å². The summed E-state index contributed by atoms with van der Waals surface area (Å²) in [5, 5.41) is 3.64. The zero-order chi connectivity index (χ0) is 12.4. The fraction of sp³-hybridized carbons (Fsp3) is 0.625. The van der Waals surface area contributed by atoms with Gasteiger partial charge in [-0.05, 0) is 56.2 Å². The van der Waals surface area contributed by atoms with Crippen LogP contribution in [0.25, 0.3) is 0 Å². The first-order valence-corrected chi connectivity index (χ1v) is 6.88. The van der Waals surface area contributed by atoms with Crippen molar-refractivity contribution in [2.75, 3.05) is 6.54 Å². The van der Waals surface area contributed by atoms with Crippen LogP contribution in [0.5, 0.6) is 0 Å². The Balaban J connectivity index is 2.00. The molecular weight excluding hydrogens is 206 g/mol. The summed E-state index contributed by atoms with van der Waals surface area (Å²) in [4.78, 5) is 0. The summed E-state index contributed by atoms with van der Waals surface area (Å²) >= 11 is 0. The van der Waals surface area contributed by atoms with Crippen molar-refractivity contribution in [2.24, 2.45) is 5.92 Å². The summed E-state index contributed by atoms with van der Waals surface area (Å²) in [5.74, 6) is 1.34. The lowest BCUT2D eigenvalue weighted by molar-refractivity contribution is 0.445. The monoisotopic (exact) mass is 231 g/mol. The number of nitrogens with one attached hydrogen (secondary N) is 1. The Labute approximate surface area is 106 Å². The molecular formula is C16H25N. The van der Waals surface area contributed by atoms with Crippen molar-refractivity contribution in [3.63, 3.8) is 0 Å². The second kappa shape index (κ2) is 5.22. The molecule has 1 aliphatic carbocycles. The molecule has 0 amide bonds. The normalized spacial score (nSPS) is 19.1. The van der Waals surface area contributed by atoms with E-state index in [0.29, 0.717) is 11.8 Å². The Bertz CT molecular complexity index is 379. The summed E-state index contributed by atoms with van der Waals surface area (Å²) < 4.78 is 0. The lowest BCUT2D eigenvalue weighted by Gasteiger charge is -2.23. The molecule has 1 aromatic rings. The van der Waals surface area contributed by atoms with Crippen molar-refractivity contribution in [1.82, 2.24) is 5.32 Å². The van der Waals surface area contributed by atoms with E-state index < -0.39 is 0 Å². The van der Waals surface area contributed by atoms with E-state index in [9.17, 15) is 0 Å². The molecule has 0 saturated heterocycles. The van der Waals surface area contributed by atoms with Crippen LogP contribution in [0, 0.1) is 19.8 Å². The van der Waals surface area contributed by atoms with Gasteiger partial charge in [0.15, 0.2) is 0 Å².